The number of ketones is 2. The van der Waals surface area contributed by atoms with Gasteiger partial charge in [0, 0.05) is 12.8 Å². The topological polar surface area (TPSA) is 74.6 Å². The van der Waals surface area contributed by atoms with Crippen LogP contribution < -0.4 is 0 Å². The lowest BCUT2D eigenvalue weighted by atomic mass is 9.86. The number of carbonyl (C=O) groups excluding carboxylic acids is 2. The number of hydrogen-bond acceptors (Lipinski definition) is 4. The molecule has 2 N–H and O–H groups in total. The van der Waals surface area contributed by atoms with Crippen molar-refractivity contribution in [3.05, 3.63) is 34.4 Å². The summed E-state index contributed by atoms with van der Waals surface area (Å²) in [5, 5.41) is 20.2. The number of hydrogen-bond donors (Lipinski definition) is 2. The quantitative estimate of drug-likeness (QED) is 0.656. The lowest BCUT2D eigenvalue weighted by Gasteiger charge is -2.18. The Hall–Kier alpha value is -2.10. The molecule has 0 radical (unpaired) electrons. The molecule has 0 saturated heterocycles. The number of Topliss-reactive ketones (excluding diaryl/α,β-unsaturated/α-hetero) is 2. The summed E-state index contributed by atoms with van der Waals surface area (Å²) in [7, 11) is 0. The second kappa shape index (κ2) is 5.49. The van der Waals surface area contributed by atoms with Crippen LogP contribution in [0, 0.1) is 0 Å². The van der Waals surface area contributed by atoms with Gasteiger partial charge in [-0.3, -0.25) is 9.59 Å². The molecule has 0 heterocycles. The molecule has 1 aromatic rings. The van der Waals surface area contributed by atoms with Gasteiger partial charge in [0.25, 0.3) is 0 Å². The number of aryl methyl sites for hydroxylation is 1. The first-order valence-electron chi connectivity index (χ1n) is 6.69. The molecule has 2 rings (SSSR count). The van der Waals surface area contributed by atoms with Crippen LogP contribution >= 0.6 is 0 Å². The molecule has 0 atom stereocenters. The van der Waals surface area contributed by atoms with E-state index in [0.717, 1.165) is 5.57 Å². The van der Waals surface area contributed by atoms with Gasteiger partial charge in [-0.2, -0.15) is 0 Å². The minimum atomic E-state index is -0.289. The fourth-order valence-electron chi connectivity index (χ4n) is 2.45. The SMILES string of the molecule is CC(C)=CCCc1cc(O)c2c(c1O)C(=O)CCC2=O. The molecule has 0 aliphatic heterocycles. The maximum atomic E-state index is 11.9. The predicted octanol–water partition coefficient (Wildman–Crippen LogP) is 3.16. The second-order valence-electron chi connectivity index (χ2n) is 5.32. The number of benzene rings is 1. The van der Waals surface area contributed by atoms with E-state index in [2.05, 4.69) is 0 Å². The Labute approximate surface area is 117 Å². The zero-order valence-electron chi connectivity index (χ0n) is 11.7. The number of rotatable bonds is 3. The maximum absolute atomic E-state index is 11.9. The molecular weight excluding hydrogens is 256 g/mol. The molecule has 4 nitrogen and oxygen atoms in total. The highest BCUT2D eigenvalue weighted by atomic mass is 16.3. The van der Waals surface area contributed by atoms with E-state index in [1.165, 1.54) is 6.07 Å². The molecule has 0 aromatic heterocycles. The Morgan fingerprint density at radius 3 is 2.35 bits per heavy atom. The van der Waals surface area contributed by atoms with Crippen LogP contribution in [0.4, 0.5) is 0 Å². The van der Waals surface area contributed by atoms with Crippen molar-refractivity contribution in [3.63, 3.8) is 0 Å². The maximum Gasteiger partial charge on any atom is 0.167 e. The van der Waals surface area contributed by atoms with Gasteiger partial charge >= 0.3 is 0 Å². The molecule has 0 unspecified atom stereocenters. The third kappa shape index (κ3) is 2.59. The zero-order valence-corrected chi connectivity index (χ0v) is 11.7. The molecule has 1 aromatic carbocycles. The average Bonchev–Trinajstić information content (AvgIpc) is 2.37. The lowest BCUT2D eigenvalue weighted by Crippen LogP contribution is -2.18. The van der Waals surface area contributed by atoms with Crippen LogP contribution in [0.3, 0.4) is 0 Å². The highest BCUT2D eigenvalue weighted by Gasteiger charge is 2.31. The summed E-state index contributed by atoms with van der Waals surface area (Å²) in [5.74, 6) is -0.930. The van der Waals surface area contributed by atoms with Gasteiger partial charge in [-0.1, -0.05) is 11.6 Å². The molecule has 1 aliphatic rings. The van der Waals surface area contributed by atoms with Crippen LogP contribution in [-0.4, -0.2) is 21.8 Å². The smallest absolute Gasteiger partial charge is 0.167 e. The Balaban J connectivity index is 2.45. The van der Waals surface area contributed by atoms with Crippen molar-refractivity contribution in [1.82, 2.24) is 0 Å². The van der Waals surface area contributed by atoms with Crippen molar-refractivity contribution in [3.8, 4) is 11.5 Å². The largest absolute Gasteiger partial charge is 0.507 e. The molecule has 20 heavy (non-hydrogen) atoms. The van der Waals surface area contributed by atoms with E-state index in [9.17, 15) is 19.8 Å². The first-order valence-corrected chi connectivity index (χ1v) is 6.69. The third-order valence-electron chi connectivity index (χ3n) is 3.46. The van der Waals surface area contributed by atoms with Crippen LogP contribution in [0.1, 0.15) is 59.4 Å². The van der Waals surface area contributed by atoms with Gasteiger partial charge in [0.15, 0.2) is 11.6 Å². The molecule has 1 aliphatic carbocycles. The van der Waals surface area contributed by atoms with E-state index >= 15 is 0 Å². The van der Waals surface area contributed by atoms with Gasteiger partial charge in [0.05, 0.1) is 11.1 Å². The molecule has 4 heteroatoms. The Morgan fingerprint density at radius 2 is 1.75 bits per heavy atom. The van der Waals surface area contributed by atoms with E-state index < -0.39 is 0 Å². The molecule has 106 valence electrons. The van der Waals surface area contributed by atoms with E-state index in [1.807, 2.05) is 19.9 Å². The number of phenols is 2. The molecule has 0 fully saturated rings. The van der Waals surface area contributed by atoms with Crippen molar-refractivity contribution < 1.29 is 19.8 Å². The zero-order chi connectivity index (χ0) is 14.9. The summed E-state index contributed by atoms with van der Waals surface area (Å²) in [6.45, 7) is 3.96. The van der Waals surface area contributed by atoms with Gasteiger partial charge in [0.1, 0.15) is 11.5 Å². The van der Waals surface area contributed by atoms with E-state index in [0.29, 0.717) is 18.4 Å². The summed E-state index contributed by atoms with van der Waals surface area (Å²) in [5.41, 5.74) is 1.64. The lowest BCUT2D eigenvalue weighted by molar-refractivity contribution is 0.0885. The first-order chi connectivity index (χ1) is 9.41. The highest BCUT2D eigenvalue weighted by Crippen LogP contribution is 2.38. The molecule has 0 spiro atoms. The van der Waals surface area contributed by atoms with Gasteiger partial charge in [-0.15, -0.1) is 0 Å². The van der Waals surface area contributed by atoms with Crippen LogP contribution in [0.25, 0.3) is 0 Å². The average molecular weight is 274 g/mol. The van der Waals surface area contributed by atoms with Crippen molar-refractivity contribution in [2.45, 2.75) is 39.5 Å². The van der Waals surface area contributed by atoms with Crippen molar-refractivity contribution in [1.29, 1.82) is 0 Å². The summed E-state index contributed by atoms with van der Waals surface area (Å²) in [6, 6.07) is 1.39. The second-order valence-corrected chi connectivity index (χ2v) is 5.32. The van der Waals surface area contributed by atoms with E-state index in [4.69, 9.17) is 0 Å². The number of fused-ring (bicyclic) bond motifs is 1. The Bertz CT molecular complexity index is 607. The van der Waals surface area contributed by atoms with E-state index in [1.54, 1.807) is 0 Å². The third-order valence-corrected chi connectivity index (χ3v) is 3.46. The van der Waals surface area contributed by atoms with Crippen molar-refractivity contribution in [2.75, 3.05) is 0 Å². The van der Waals surface area contributed by atoms with Gasteiger partial charge in [0.2, 0.25) is 0 Å². The van der Waals surface area contributed by atoms with Gasteiger partial charge < -0.3 is 10.2 Å². The summed E-state index contributed by atoms with van der Waals surface area (Å²) < 4.78 is 0. The van der Waals surface area contributed by atoms with Crippen LogP contribution in [0.15, 0.2) is 17.7 Å². The van der Waals surface area contributed by atoms with Gasteiger partial charge in [-0.25, -0.2) is 0 Å². The van der Waals surface area contributed by atoms with Crippen LogP contribution in [0.2, 0.25) is 0 Å². The number of phenolic OH excluding ortho intramolecular Hbond substituents is 2. The first kappa shape index (κ1) is 14.3. The summed E-state index contributed by atoms with van der Waals surface area (Å²) in [4.78, 5) is 23.7. The molecule has 0 saturated carbocycles. The monoisotopic (exact) mass is 274 g/mol. The van der Waals surface area contributed by atoms with Crippen LogP contribution in [-0.2, 0) is 6.42 Å². The normalized spacial score (nSPS) is 14.1. The summed E-state index contributed by atoms with van der Waals surface area (Å²) >= 11 is 0. The number of aromatic hydroxyl groups is 2. The Morgan fingerprint density at radius 1 is 1.15 bits per heavy atom. The van der Waals surface area contributed by atoms with Crippen molar-refractivity contribution in [2.24, 2.45) is 0 Å². The Kier molecular flexibility index (Phi) is 3.93. The predicted molar refractivity (Wildman–Crippen MR) is 75.4 cm³/mol. The highest BCUT2D eigenvalue weighted by molar-refractivity contribution is 6.16. The minimum Gasteiger partial charge on any atom is -0.507 e. The number of carbonyl (C=O) groups is 2. The fraction of sp³-hybridized carbons (Fsp3) is 0.375. The molecule has 0 amide bonds. The van der Waals surface area contributed by atoms with E-state index in [-0.39, 0.29) is 47.0 Å². The van der Waals surface area contributed by atoms with Crippen LogP contribution in [0.5, 0.6) is 11.5 Å². The summed E-state index contributed by atoms with van der Waals surface area (Å²) in [6.07, 6.45) is 3.42. The standard InChI is InChI=1S/C16H18O4/c1-9(2)4-3-5-10-8-13(19)14-11(17)6-7-12(18)15(14)16(10)20/h4,8,19-20H,3,5-7H2,1-2H3. The molecule has 0 bridgehead atoms. The minimum absolute atomic E-state index is 0.00606. The van der Waals surface area contributed by atoms with Gasteiger partial charge in [-0.05, 0) is 38.3 Å². The fourth-order valence-corrected chi connectivity index (χ4v) is 2.45. The molecular formula is C16H18O4. The van der Waals surface area contributed by atoms with Crippen molar-refractivity contribution >= 4 is 11.6 Å². The number of allylic oxidation sites excluding steroid dienone is 2.